The van der Waals surface area contributed by atoms with Gasteiger partial charge in [0.05, 0.1) is 6.61 Å². The first-order valence-electron chi connectivity index (χ1n) is 9.04. The van der Waals surface area contributed by atoms with E-state index in [0.29, 0.717) is 11.6 Å². The van der Waals surface area contributed by atoms with Gasteiger partial charge in [0, 0.05) is 44.9 Å². The summed E-state index contributed by atoms with van der Waals surface area (Å²) < 4.78 is 10.9. The fraction of sp³-hybridized carbons (Fsp3) is 0.474. The number of hydrogen-bond donors (Lipinski definition) is 1. The molecular formula is C19H25N3O4. The summed E-state index contributed by atoms with van der Waals surface area (Å²) in [6, 6.07) is 9.23. The van der Waals surface area contributed by atoms with Crippen LogP contribution in [0.15, 0.2) is 34.9 Å². The van der Waals surface area contributed by atoms with Crippen LogP contribution in [0.25, 0.3) is 11.3 Å². The van der Waals surface area contributed by atoms with Gasteiger partial charge in [0.1, 0.15) is 0 Å². The Morgan fingerprint density at radius 2 is 1.92 bits per heavy atom. The molecule has 0 amide bonds. The fourth-order valence-electron chi connectivity index (χ4n) is 3.10. The van der Waals surface area contributed by atoms with Crippen LogP contribution in [-0.4, -0.2) is 67.1 Å². The standard InChI is InChI=1S/C19H25N3O4/c1-2-13-25-14-12-21-8-10-22(11-9-21)18-16(19(23)24)17(26-20-18)15-6-4-3-5-7-15/h3-7H,2,8-14H2,1H3,(H,23,24). The van der Waals surface area contributed by atoms with Gasteiger partial charge in [-0.25, -0.2) is 4.79 Å². The van der Waals surface area contributed by atoms with Crippen LogP contribution >= 0.6 is 0 Å². The number of carboxylic acids is 1. The van der Waals surface area contributed by atoms with E-state index in [2.05, 4.69) is 17.0 Å². The lowest BCUT2D eigenvalue weighted by molar-refractivity contribution is 0.0697. The minimum absolute atomic E-state index is 0.135. The molecule has 0 atom stereocenters. The molecule has 0 saturated carbocycles. The van der Waals surface area contributed by atoms with Crippen molar-refractivity contribution in [2.45, 2.75) is 13.3 Å². The van der Waals surface area contributed by atoms with E-state index in [0.717, 1.165) is 57.9 Å². The Morgan fingerprint density at radius 1 is 1.19 bits per heavy atom. The second-order valence-corrected chi connectivity index (χ2v) is 6.32. The van der Waals surface area contributed by atoms with E-state index in [1.165, 1.54) is 0 Å². The van der Waals surface area contributed by atoms with E-state index in [-0.39, 0.29) is 5.56 Å². The molecule has 1 aliphatic heterocycles. The van der Waals surface area contributed by atoms with Crippen LogP contribution in [0.5, 0.6) is 0 Å². The van der Waals surface area contributed by atoms with Crippen molar-refractivity contribution >= 4 is 11.8 Å². The molecule has 1 saturated heterocycles. The summed E-state index contributed by atoms with van der Waals surface area (Å²) in [5.41, 5.74) is 0.853. The highest BCUT2D eigenvalue weighted by Gasteiger charge is 2.29. The molecule has 3 rings (SSSR count). The molecule has 1 aromatic carbocycles. The molecular weight excluding hydrogens is 334 g/mol. The summed E-state index contributed by atoms with van der Waals surface area (Å²) in [6.45, 7) is 7.65. The maximum absolute atomic E-state index is 11.8. The molecule has 7 nitrogen and oxygen atoms in total. The molecule has 26 heavy (non-hydrogen) atoms. The lowest BCUT2D eigenvalue weighted by Gasteiger charge is -2.34. The Hall–Kier alpha value is -2.38. The zero-order valence-electron chi connectivity index (χ0n) is 15.1. The summed E-state index contributed by atoms with van der Waals surface area (Å²) in [6.07, 6.45) is 1.03. The zero-order chi connectivity index (χ0) is 18.4. The SMILES string of the molecule is CCCOCCN1CCN(c2noc(-c3ccccc3)c2C(=O)O)CC1. The van der Waals surface area contributed by atoms with Crippen molar-refractivity contribution in [1.82, 2.24) is 10.1 Å². The topological polar surface area (TPSA) is 79.0 Å². The number of aromatic carboxylic acids is 1. The van der Waals surface area contributed by atoms with Crippen LogP contribution in [0.3, 0.4) is 0 Å². The lowest BCUT2D eigenvalue weighted by Crippen LogP contribution is -2.47. The predicted molar refractivity (Wildman–Crippen MR) is 98.7 cm³/mol. The third kappa shape index (κ3) is 4.23. The minimum atomic E-state index is -1.02. The minimum Gasteiger partial charge on any atom is -0.477 e. The average Bonchev–Trinajstić information content (AvgIpc) is 3.12. The Kier molecular flexibility index (Phi) is 6.25. The van der Waals surface area contributed by atoms with Gasteiger partial charge in [-0.15, -0.1) is 0 Å². The van der Waals surface area contributed by atoms with E-state index >= 15 is 0 Å². The Labute approximate surface area is 153 Å². The van der Waals surface area contributed by atoms with Crippen LogP contribution in [0.1, 0.15) is 23.7 Å². The van der Waals surface area contributed by atoms with Gasteiger partial charge in [-0.05, 0) is 6.42 Å². The lowest BCUT2D eigenvalue weighted by atomic mass is 10.1. The number of carboxylic acid groups (broad SMARTS) is 1. The number of hydrogen-bond acceptors (Lipinski definition) is 6. The molecule has 0 spiro atoms. The summed E-state index contributed by atoms with van der Waals surface area (Å²) in [5.74, 6) is -0.294. The summed E-state index contributed by atoms with van der Waals surface area (Å²) in [4.78, 5) is 16.1. The number of piperazine rings is 1. The van der Waals surface area contributed by atoms with Gasteiger partial charge in [-0.1, -0.05) is 42.4 Å². The van der Waals surface area contributed by atoms with Crippen molar-refractivity contribution in [3.05, 3.63) is 35.9 Å². The van der Waals surface area contributed by atoms with Crippen molar-refractivity contribution in [3.8, 4) is 11.3 Å². The Balaban J connectivity index is 1.67. The highest BCUT2D eigenvalue weighted by Crippen LogP contribution is 2.31. The normalized spacial score (nSPS) is 15.3. The second kappa shape index (κ2) is 8.82. The summed E-state index contributed by atoms with van der Waals surface area (Å²) in [7, 11) is 0. The first-order valence-corrected chi connectivity index (χ1v) is 9.04. The van der Waals surface area contributed by atoms with E-state index in [1.807, 2.05) is 35.2 Å². The van der Waals surface area contributed by atoms with Gasteiger partial charge in [0.25, 0.3) is 0 Å². The molecule has 1 aromatic heterocycles. The molecule has 2 heterocycles. The number of nitrogens with zero attached hydrogens (tertiary/aromatic N) is 3. The third-order valence-electron chi connectivity index (χ3n) is 4.50. The fourth-order valence-corrected chi connectivity index (χ4v) is 3.10. The Bertz CT molecular complexity index is 709. The first-order chi connectivity index (χ1) is 12.7. The molecule has 140 valence electrons. The van der Waals surface area contributed by atoms with Crippen LogP contribution in [0, 0.1) is 0 Å². The number of ether oxygens (including phenoxy) is 1. The van der Waals surface area contributed by atoms with E-state index in [9.17, 15) is 9.90 Å². The average molecular weight is 359 g/mol. The van der Waals surface area contributed by atoms with Gasteiger partial charge >= 0.3 is 5.97 Å². The molecule has 0 radical (unpaired) electrons. The number of carbonyl (C=O) groups is 1. The van der Waals surface area contributed by atoms with E-state index in [1.54, 1.807) is 0 Å². The van der Waals surface area contributed by atoms with E-state index in [4.69, 9.17) is 9.26 Å². The molecule has 7 heteroatoms. The molecule has 1 fully saturated rings. The van der Waals surface area contributed by atoms with Crippen molar-refractivity contribution in [2.75, 3.05) is 50.8 Å². The van der Waals surface area contributed by atoms with Crippen LogP contribution in [0.4, 0.5) is 5.82 Å². The molecule has 1 N–H and O–H groups in total. The van der Waals surface area contributed by atoms with Crippen molar-refractivity contribution in [2.24, 2.45) is 0 Å². The predicted octanol–water partition coefficient (Wildman–Crippen LogP) is 2.59. The largest absolute Gasteiger partial charge is 0.477 e. The highest BCUT2D eigenvalue weighted by molar-refractivity contribution is 5.99. The monoisotopic (exact) mass is 359 g/mol. The molecule has 0 aliphatic carbocycles. The van der Waals surface area contributed by atoms with Crippen molar-refractivity contribution in [3.63, 3.8) is 0 Å². The number of anilines is 1. The highest BCUT2D eigenvalue weighted by atomic mass is 16.5. The summed E-state index contributed by atoms with van der Waals surface area (Å²) >= 11 is 0. The van der Waals surface area contributed by atoms with Crippen molar-refractivity contribution in [1.29, 1.82) is 0 Å². The maximum Gasteiger partial charge on any atom is 0.343 e. The van der Waals surface area contributed by atoms with Gasteiger partial charge in [0.15, 0.2) is 17.1 Å². The molecule has 2 aromatic rings. The smallest absolute Gasteiger partial charge is 0.343 e. The number of rotatable bonds is 8. The molecule has 1 aliphatic rings. The number of benzene rings is 1. The van der Waals surface area contributed by atoms with Gasteiger partial charge in [-0.3, -0.25) is 4.90 Å². The quantitative estimate of drug-likeness (QED) is 0.726. The second-order valence-electron chi connectivity index (χ2n) is 6.32. The van der Waals surface area contributed by atoms with Gasteiger partial charge in [-0.2, -0.15) is 0 Å². The van der Waals surface area contributed by atoms with Crippen LogP contribution in [0.2, 0.25) is 0 Å². The first kappa shape index (κ1) is 18.4. The molecule has 0 unspecified atom stereocenters. The van der Waals surface area contributed by atoms with E-state index < -0.39 is 5.97 Å². The maximum atomic E-state index is 11.8. The van der Waals surface area contributed by atoms with Crippen molar-refractivity contribution < 1.29 is 19.2 Å². The molecule has 0 bridgehead atoms. The van der Waals surface area contributed by atoms with Gasteiger partial charge < -0.3 is 19.3 Å². The Morgan fingerprint density at radius 3 is 2.58 bits per heavy atom. The van der Waals surface area contributed by atoms with Crippen LogP contribution in [-0.2, 0) is 4.74 Å². The number of aromatic nitrogens is 1. The van der Waals surface area contributed by atoms with Gasteiger partial charge in [0.2, 0.25) is 0 Å². The zero-order valence-corrected chi connectivity index (χ0v) is 15.1. The summed E-state index contributed by atoms with van der Waals surface area (Å²) in [5, 5.41) is 13.8. The third-order valence-corrected chi connectivity index (χ3v) is 4.50. The van der Waals surface area contributed by atoms with Crippen LogP contribution < -0.4 is 4.90 Å².